The molecule has 1 aliphatic heterocycles. The predicted molar refractivity (Wildman–Crippen MR) is 74.6 cm³/mol. The fourth-order valence-corrected chi connectivity index (χ4v) is 3.18. The Morgan fingerprint density at radius 1 is 1.47 bits per heavy atom. The highest BCUT2D eigenvalue weighted by molar-refractivity contribution is 6.35. The number of likely N-dealkylation sites (N-methyl/N-ethyl adjacent to an activating group) is 1. The van der Waals surface area contributed by atoms with Crippen LogP contribution < -0.4 is 0 Å². The van der Waals surface area contributed by atoms with E-state index in [0.717, 1.165) is 36.1 Å². The molecule has 0 saturated carbocycles. The third-order valence-corrected chi connectivity index (χ3v) is 4.03. The van der Waals surface area contributed by atoms with E-state index in [0.29, 0.717) is 5.02 Å². The molecule has 2 aromatic rings. The number of hydrogen-bond acceptors (Lipinski definition) is 2. The second kappa shape index (κ2) is 4.54. The first-order valence-electron chi connectivity index (χ1n) is 6.26. The Hall–Kier alpha value is -1.52. The zero-order valence-electron chi connectivity index (χ0n) is 10.7. The number of benzene rings is 1. The van der Waals surface area contributed by atoms with Crippen molar-refractivity contribution in [1.29, 1.82) is 0 Å². The third kappa shape index (κ3) is 2.01. The van der Waals surface area contributed by atoms with E-state index in [2.05, 4.69) is 4.90 Å². The van der Waals surface area contributed by atoms with Crippen LogP contribution in [0, 0.1) is 0 Å². The molecule has 0 bridgehead atoms. The summed E-state index contributed by atoms with van der Waals surface area (Å²) in [6.45, 7) is 1.73. The van der Waals surface area contributed by atoms with Crippen molar-refractivity contribution in [3.63, 3.8) is 0 Å². The summed E-state index contributed by atoms with van der Waals surface area (Å²) >= 11 is 6.31. The Balaban J connectivity index is 2.30. The van der Waals surface area contributed by atoms with Crippen molar-refractivity contribution < 1.29 is 9.90 Å². The number of carboxylic acids is 1. The zero-order chi connectivity index (χ0) is 13.6. The summed E-state index contributed by atoms with van der Waals surface area (Å²) in [4.78, 5) is 13.3. The van der Waals surface area contributed by atoms with Gasteiger partial charge in [-0.25, -0.2) is 0 Å². The average Bonchev–Trinajstić information content (AvgIpc) is 2.64. The van der Waals surface area contributed by atoms with Gasteiger partial charge < -0.3 is 14.6 Å². The maximum absolute atomic E-state index is 11.1. The number of rotatable bonds is 2. The fourth-order valence-electron chi connectivity index (χ4n) is 2.89. The first kappa shape index (κ1) is 12.5. The number of fused-ring (bicyclic) bond motifs is 3. The van der Waals surface area contributed by atoms with Crippen LogP contribution >= 0.6 is 11.6 Å². The Morgan fingerprint density at radius 3 is 3.00 bits per heavy atom. The summed E-state index contributed by atoms with van der Waals surface area (Å²) in [7, 11) is 2.05. The van der Waals surface area contributed by atoms with Crippen molar-refractivity contribution >= 4 is 28.5 Å². The maximum Gasteiger partial charge on any atom is 0.323 e. The van der Waals surface area contributed by atoms with Crippen LogP contribution in [-0.2, 0) is 24.3 Å². The van der Waals surface area contributed by atoms with E-state index < -0.39 is 5.97 Å². The van der Waals surface area contributed by atoms with E-state index in [-0.39, 0.29) is 6.54 Å². The van der Waals surface area contributed by atoms with Gasteiger partial charge in [0.1, 0.15) is 6.54 Å². The molecule has 0 fully saturated rings. The molecule has 0 aliphatic carbocycles. The lowest BCUT2D eigenvalue weighted by molar-refractivity contribution is -0.137. The van der Waals surface area contributed by atoms with Crippen LogP contribution in [0.25, 0.3) is 10.9 Å². The summed E-state index contributed by atoms with van der Waals surface area (Å²) in [6.07, 6.45) is 0.915. The van der Waals surface area contributed by atoms with Crippen LogP contribution in [0.2, 0.25) is 5.02 Å². The minimum atomic E-state index is -0.826. The number of carbonyl (C=O) groups is 1. The number of nitrogens with zero attached hydrogens (tertiary/aromatic N) is 2. The van der Waals surface area contributed by atoms with E-state index in [4.69, 9.17) is 16.7 Å². The molecule has 0 radical (unpaired) electrons. The Bertz CT molecular complexity index is 663. The van der Waals surface area contributed by atoms with Gasteiger partial charge in [0.25, 0.3) is 0 Å². The van der Waals surface area contributed by atoms with E-state index in [1.54, 1.807) is 0 Å². The summed E-state index contributed by atoms with van der Waals surface area (Å²) in [5.74, 6) is -0.826. The Kier molecular flexibility index (Phi) is 2.99. The molecular formula is C14H15ClN2O2. The third-order valence-electron chi connectivity index (χ3n) is 3.71. The van der Waals surface area contributed by atoms with Gasteiger partial charge in [0, 0.05) is 24.2 Å². The highest BCUT2D eigenvalue weighted by atomic mass is 35.5. The van der Waals surface area contributed by atoms with Crippen LogP contribution in [-0.4, -0.2) is 34.1 Å². The quantitative estimate of drug-likeness (QED) is 0.917. The van der Waals surface area contributed by atoms with Gasteiger partial charge in [0.15, 0.2) is 0 Å². The van der Waals surface area contributed by atoms with Crippen LogP contribution in [0.15, 0.2) is 18.2 Å². The van der Waals surface area contributed by atoms with Crippen molar-refractivity contribution in [2.45, 2.75) is 19.5 Å². The normalized spacial score (nSPS) is 15.7. The Labute approximate surface area is 116 Å². The van der Waals surface area contributed by atoms with Gasteiger partial charge in [0.05, 0.1) is 10.5 Å². The van der Waals surface area contributed by atoms with Crippen molar-refractivity contribution in [1.82, 2.24) is 9.47 Å². The molecule has 0 atom stereocenters. The van der Waals surface area contributed by atoms with Crippen LogP contribution in [0.5, 0.6) is 0 Å². The molecule has 0 amide bonds. The monoisotopic (exact) mass is 278 g/mol. The van der Waals surface area contributed by atoms with Crippen LogP contribution in [0.4, 0.5) is 0 Å². The average molecular weight is 279 g/mol. The van der Waals surface area contributed by atoms with Gasteiger partial charge in [0.2, 0.25) is 0 Å². The molecule has 0 saturated heterocycles. The predicted octanol–water partition coefficient (Wildman–Crippen LogP) is 2.37. The van der Waals surface area contributed by atoms with Crippen LogP contribution in [0.1, 0.15) is 11.3 Å². The molecule has 4 nitrogen and oxygen atoms in total. The number of aliphatic carboxylic acids is 1. The molecule has 1 aromatic carbocycles. The van der Waals surface area contributed by atoms with Crippen molar-refractivity contribution in [3.05, 3.63) is 34.5 Å². The molecule has 1 N–H and O–H groups in total. The van der Waals surface area contributed by atoms with Crippen molar-refractivity contribution in [2.24, 2.45) is 0 Å². The molecule has 0 unspecified atom stereocenters. The first-order valence-corrected chi connectivity index (χ1v) is 6.64. The second-order valence-electron chi connectivity index (χ2n) is 5.03. The topological polar surface area (TPSA) is 45.5 Å². The lowest BCUT2D eigenvalue weighted by atomic mass is 10.0. The van der Waals surface area contributed by atoms with E-state index in [9.17, 15) is 4.79 Å². The molecule has 3 rings (SSSR count). The van der Waals surface area contributed by atoms with Gasteiger partial charge in [-0.2, -0.15) is 0 Å². The molecule has 5 heteroatoms. The largest absolute Gasteiger partial charge is 0.480 e. The van der Waals surface area contributed by atoms with Crippen molar-refractivity contribution in [2.75, 3.05) is 13.6 Å². The van der Waals surface area contributed by atoms with Gasteiger partial charge >= 0.3 is 5.97 Å². The molecule has 1 aliphatic rings. The van der Waals surface area contributed by atoms with Gasteiger partial charge in [-0.15, -0.1) is 0 Å². The number of hydrogen-bond donors (Lipinski definition) is 1. The van der Waals surface area contributed by atoms with E-state index in [1.165, 1.54) is 5.56 Å². The molecule has 1 aromatic heterocycles. The molecule has 0 spiro atoms. The first-order chi connectivity index (χ1) is 9.08. The second-order valence-corrected chi connectivity index (χ2v) is 5.43. The lowest BCUT2D eigenvalue weighted by Crippen LogP contribution is -2.28. The van der Waals surface area contributed by atoms with Gasteiger partial charge in [-0.05, 0) is 31.2 Å². The van der Waals surface area contributed by atoms with Crippen molar-refractivity contribution in [3.8, 4) is 0 Å². The van der Waals surface area contributed by atoms with E-state index >= 15 is 0 Å². The molecule has 19 heavy (non-hydrogen) atoms. The summed E-state index contributed by atoms with van der Waals surface area (Å²) in [5, 5.41) is 10.8. The van der Waals surface area contributed by atoms with Gasteiger partial charge in [-0.3, -0.25) is 4.79 Å². The maximum atomic E-state index is 11.1. The molecule has 100 valence electrons. The molecular weight excluding hydrogens is 264 g/mol. The minimum absolute atomic E-state index is 0.0139. The highest BCUT2D eigenvalue weighted by Crippen LogP contribution is 2.34. The smallest absolute Gasteiger partial charge is 0.323 e. The SMILES string of the molecule is CN1CCc2c(n(CC(=O)O)c3cccc(Cl)c23)C1. The number of carboxylic acid groups (broad SMARTS) is 1. The standard InChI is InChI=1S/C14H15ClN2O2/c1-16-6-5-9-12(7-16)17(8-13(18)19)11-4-2-3-10(15)14(9)11/h2-4H,5-8H2,1H3,(H,18,19). The fraction of sp³-hybridized carbons (Fsp3) is 0.357. The summed E-state index contributed by atoms with van der Waals surface area (Å²) < 4.78 is 1.88. The lowest BCUT2D eigenvalue weighted by Gasteiger charge is -2.24. The summed E-state index contributed by atoms with van der Waals surface area (Å²) in [5.41, 5.74) is 3.22. The number of halogens is 1. The van der Waals surface area contributed by atoms with Crippen LogP contribution in [0.3, 0.4) is 0 Å². The summed E-state index contributed by atoms with van der Waals surface area (Å²) in [6, 6.07) is 5.69. The molecule has 2 heterocycles. The number of aromatic nitrogens is 1. The Morgan fingerprint density at radius 2 is 2.26 bits per heavy atom. The van der Waals surface area contributed by atoms with Gasteiger partial charge in [-0.1, -0.05) is 17.7 Å². The minimum Gasteiger partial charge on any atom is -0.480 e. The zero-order valence-corrected chi connectivity index (χ0v) is 11.4. The van der Waals surface area contributed by atoms with E-state index in [1.807, 2.05) is 29.8 Å². The highest BCUT2D eigenvalue weighted by Gasteiger charge is 2.24.